The number of aryl methyl sites for hydroxylation is 1. The fraction of sp³-hybridized carbons (Fsp3) is 0.360. The van der Waals surface area contributed by atoms with Gasteiger partial charge in [-0.15, -0.1) is 5.10 Å². The summed E-state index contributed by atoms with van der Waals surface area (Å²) < 4.78 is 1.83. The third-order valence-electron chi connectivity index (χ3n) is 6.49. The van der Waals surface area contributed by atoms with Crippen molar-refractivity contribution in [3.8, 4) is 0 Å². The van der Waals surface area contributed by atoms with E-state index < -0.39 is 0 Å². The maximum atomic E-state index is 13.3. The molecule has 1 saturated heterocycles. The van der Waals surface area contributed by atoms with Gasteiger partial charge >= 0.3 is 0 Å². The van der Waals surface area contributed by atoms with E-state index in [1.54, 1.807) is 0 Å². The van der Waals surface area contributed by atoms with Crippen LogP contribution in [0.15, 0.2) is 59.4 Å². The van der Waals surface area contributed by atoms with E-state index in [0.29, 0.717) is 23.9 Å². The largest absolute Gasteiger partial charge is 0.322 e. The predicted octanol–water partition coefficient (Wildman–Crippen LogP) is 3.69. The van der Waals surface area contributed by atoms with Gasteiger partial charge in [0.25, 0.3) is 5.56 Å². The Morgan fingerprint density at radius 3 is 2.66 bits per heavy atom. The molecule has 0 bridgehead atoms. The number of tetrazole rings is 1. The zero-order valence-electron chi connectivity index (χ0n) is 18.5. The number of benzene rings is 2. The fourth-order valence-electron chi connectivity index (χ4n) is 4.60. The minimum Gasteiger partial charge on any atom is -0.322 e. The molecule has 0 spiro atoms. The highest BCUT2D eigenvalue weighted by Crippen LogP contribution is 2.31. The minimum atomic E-state index is -0.296. The highest BCUT2D eigenvalue weighted by molar-refractivity contribution is 5.79. The second-order valence-corrected chi connectivity index (χ2v) is 8.95. The maximum Gasteiger partial charge on any atom is 0.253 e. The van der Waals surface area contributed by atoms with E-state index in [1.807, 2.05) is 41.9 Å². The van der Waals surface area contributed by atoms with Gasteiger partial charge in [-0.2, -0.15) is 0 Å². The Labute approximate surface area is 187 Å². The summed E-state index contributed by atoms with van der Waals surface area (Å²) in [6.07, 6.45) is 2.20. The van der Waals surface area contributed by atoms with E-state index in [-0.39, 0.29) is 11.6 Å². The van der Waals surface area contributed by atoms with Crippen molar-refractivity contribution in [2.24, 2.45) is 5.92 Å². The van der Waals surface area contributed by atoms with Crippen LogP contribution in [0.5, 0.6) is 0 Å². The number of H-pyrrole nitrogens is 1. The lowest BCUT2D eigenvalue weighted by atomic mass is 9.95. The molecule has 1 fully saturated rings. The molecule has 4 aromatic rings. The molecule has 5 rings (SSSR count). The molecule has 1 aliphatic heterocycles. The zero-order chi connectivity index (χ0) is 22.1. The van der Waals surface area contributed by atoms with Gasteiger partial charge in [-0.1, -0.05) is 49.4 Å². The lowest BCUT2D eigenvalue weighted by molar-refractivity contribution is 0.149. The van der Waals surface area contributed by atoms with Gasteiger partial charge < -0.3 is 4.98 Å². The van der Waals surface area contributed by atoms with E-state index in [4.69, 9.17) is 0 Å². The van der Waals surface area contributed by atoms with Crippen molar-refractivity contribution >= 4 is 10.9 Å². The Kier molecular flexibility index (Phi) is 5.57. The maximum absolute atomic E-state index is 13.3. The molecule has 164 valence electrons. The third-order valence-corrected chi connectivity index (χ3v) is 6.49. The predicted molar refractivity (Wildman–Crippen MR) is 124 cm³/mol. The molecule has 0 amide bonds. The number of hydrogen-bond acceptors (Lipinski definition) is 5. The second-order valence-electron chi connectivity index (χ2n) is 8.95. The number of nitrogens with one attached hydrogen (secondary N) is 1. The molecule has 32 heavy (non-hydrogen) atoms. The number of rotatable bonds is 5. The molecule has 0 aliphatic carbocycles. The van der Waals surface area contributed by atoms with Gasteiger partial charge in [0.1, 0.15) is 6.04 Å². The van der Waals surface area contributed by atoms with Crippen LogP contribution in [-0.4, -0.2) is 43.2 Å². The van der Waals surface area contributed by atoms with Gasteiger partial charge in [0, 0.05) is 11.1 Å². The zero-order valence-corrected chi connectivity index (χ0v) is 18.5. The van der Waals surface area contributed by atoms with Gasteiger partial charge in [-0.3, -0.25) is 9.69 Å². The van der Waals surface area contributed by atoms with Gasteiger partial charge in [0.05, 0.1) is 6.54 Å². The average molecular weight is 429 g/mol. The lowest BCUT2D eigenvalue weighted by Gasteiger charge is -2.35. The first-order chi connectivity index (χ1) is 15.6. The normalized spacial score (nSPS) is 16.4. The molecule has 7 nitrogen and oxygen atoms in total. The van der Waals surface area contributed by atoms with Crippen LogP contribution in [0, 0.1) is 12.8 Å². The molecular weight excluding hydrogens is 400 g/mol. The van der Waals surface area contributed by atoms with Crippen LogP contribution in [0.3, 0.4) is 0 Å². The molecule has 3 heterocycles. The van der Waals surface area contributed by atoms with Gasteiger partial charge in [-0.05, 0) is 77.8 Å². The Bertz CT molecular complexity index is 1270. The van der Waals surface area contributed by atoms with Crippen molar-refractivity contribution in [2.75, 3.05) is 13.1 Å². The van der Waals surface area contributed by atoms with Crippen molar-refractivity contribution < 1.29 is 0 Å². The van der Waals surface area contributed by atoms with Crippen LogP contribution in [0.1, 0.15) is 48.3 Å². The van der Waals surface area contributed by atoms with E-state index in [0.717, 1.165) is 48.0 Å². The van der Waals surface area contributed by atoms with Crippen LogP contribution in [0.4, 0.5) is 0 Å². The Morgan fingerprint density at radius 1 is 1.09 bits per heavy atom. The Balaban J connectivity index is 1.61. The standard InChI is InChI=1S/C25H28N6O/c1-17-10-12-30(13-11-17)23(21-15-20-9-8-18(2)14-22(20)26-25(21)32)24-27-28-29-31(24)16-19-6-4-3-5-7-19/h3-9,14-15,17,23H,10-13,16H2,1-2H3,(H,26,32)/t23-/m0/s1. The summed E-state index contributed by atoms with van der Waals surface area (Å²) in [5, 5.41) is 13.7. The average Bonchev–Trinajstić information content (AvgIpc) is 3.24. The Hall–Kier alpha value is -3.32. The van der Waals surface area contributed by atoms with Crippen LogP contribution >= 0.6 is 0 Å². The number of hydrogen-bond donors (Lipinski definition) is 1. The number of piperidine rings is 1. The number of fused-ring (bicyclic) bond motifs is 1. The molecule has 2 aromatic carbocycles. The number of aromatic amines is 1. The van der Waals surface area contributed by atoms with Crippen LogP contribution in [0.25, 0.3) is 10.9 Å². The number of pyridine rings is 1. The first kappa shape index (κ1) is 20.6. The molecular formula is C25H28N6O. The van der Waals surface area contributed by atoms with Crippen molar-refractivity contribution in [1.82, 2.24) is 30.1 Å². The summed E-state index contributed by atoms with van der Waals surface area (Å²) in [6.45, 7) is 6.71. The molecule has 1 aliphatic rings. The van der Waals surface area contributed by atoms with Crippen molar-refractivity contribution in [1.29, 1.82) is 0 Å². The first-order valence-electron chi connectivity index (χ1n) is 11.3. The molecule has 2 aromatic heterocycles. The quantitative estimate of drug-likeness (QED) is 0.524. The summed E-state index contributed by atoms with van der Waals surface area (Å²) in [7, 11) is 0. The smallest absolute Gasteiger partial charge is 0.253 e. The molecule has 1 N–H and O–H groups in total. The summed E-state index contributed by atoms with van der Waals surface area (Å²) in [6, 6.07) is 18.0. The van der Waals surface area contributed by atoms with Gasteiger partial charge in [0.15, 0.2) is 5.82 Å². The number of likely N-dealkylation sites (tertiary alicyclic amines) is 1. The summed E-state index contributed by atoms with van der Waals surface area (Å²) in [5.74, 6) is 1.39. The van der Waals surface area contributed by atoms with Crippen molar-refractivity contribution in [3.05, 3.63) is 87.5 Å². The number of aromatic nitrogens is 5. The molecule has 1 atom stereocenters. The van der Waals surface area contributed by atoms with E-state index in [2.05, 4.69) is 56.6 Å². The summed E-state index contributed by atoms with van der Waals surface area (Å²) >= 11 is 0. The van der Waals surface area contributed by atoms with E-state index >= 15 is 0 Å². The van der Waals surface area contributed by atoms with E-state index in [9.17, 15) is 4.79 Å². The Morgan fingerprint density at radius 2 is 1.88 bits per heavy atom. The topological polar surface area (TPSA) is 79.7 Å². The highest BCUT2D eigenvalue weighted by Gasteiger charge is 2.32. The minimum absolute atomic E-state index is 0.0824. The SMILES string of the molecule is Cc1ccc2cc([C@@H](c3nnnn3Cc3ccccc3)N3CCC(C)CC3)c(=O)[nH]c2c1. The monoisotopic (exact) mass is 428 g/mol. The number of nitrogens with zero attached hydrogens (tertiary/aromatic N) is 5. The first-order valence-corrected chi connectivity index (χ1v) is 11.3. The van der Waals surface area contributed by atoms with Gasteiger partial charge in [-0.25, -0.2) is 4.68 Å². The van der Waals surface area contributed by atoms with Gasteiger partial charge in [0.2, 0.25) is 0 Å². The van der Waals surface area contributed by atoms with E-state index in [1.165, 1.54) is 0 Å². The van der Waals surface area contributed by atoms with Crippen LogP contribution in [-0.2, 0) is 6.54 Å². The highest BCUT2D eigenvalue weighted by atomic mass is 16.1. The van der Waals surface area contributed by atoms with Crippen LogP contribution < -0.4 is 5.56 Å². The van der Waals surface area contributed by atoms with Crippen molar-refractivity contribution in [2.45, 2.75) is 39.3 Å². The third kappa shape index (κ3) is 4.08. The molecule has 0 saturated carbocycles. The van der Waals surface area contributed by atoms with Crippen molar-refractivity contribution in [3.63, 3.8) is 0 Å². The summed E-state index contributed by atoms with van der Waals surface area (Å²) in [4.78, 5) is 18.8. The summed E-state index contributed by atoms with van der Waals surface area (Å²) in [5.41, 5.74) is 3.71. The molecule has 7 heteroatoms. The lowest BCUT2D eigenvalue weighted by Crippen LogP contribution is -2.40. The molecule has 0 radical (unpaired) electrons. The van der Waals surface area contributed by atoms with Crippen LogP contribution in [0.2, 0.25) is 0 Å². The molecule has 0 unspecified atom stereocenters. The fourth-order valence-corrected chi connectivity index (χ4v) is 4.60. The second kappa shape index (κ2) is 8.67.